The van der Waals surface area contributed by atoms with E-state index in [-0.39, 0.29) is 17.9 Å². The predicted molar refractivity (Wildman–Crippen MR) is 117 cm³/mol. The highest BCUT2D eigenvalue weighted by molar-refractivity contribution is 5.79. The van der Waals surface area contributed by atoms with E-state index in [1.165, 1.54) is 24.0 Å². The maximum absolute atomic E-state index is 13.0. The van der Waals surface area contributed by atoms with Crippen molar-refractivity contribution < 1.29 is 4.79 Å². The standard InChI is InChI=1S/C25H33N3O/c29-25(23-14-9-15-27(20-23)19-21-10-3-1-4-11-21)26-18-24(28-16-7-8-17-28)22-12-5-2-6-13-22/h1-6,10-13,23-24H,7-9,14-20H2,(H,26,29). The average Bonchev–Trinajstić information content (AvgIpc) is 3.30. The summed E-state index contributed by atoms with van der Waals surface area (Å²) in [4.78, 5) is 17.9. The second-order valence-electron chi connectivity index (χ2n) is 8.47. The van der Waals surface area contributed by atoms with Gasteiger partial charge in [-0.15, -0.1) is 0 Å². The van der Waals surface area contributed by atoms with Crippen LogP contribution in [0.2, 0.25) is 0 Å². The highest BCUT2D eigenvalue weighted by Crippen LogP contribution is 2.25. The molecule has 2 unspecified atom stereocenters. The zero-order valence-electron chi connectivity index (χ0n) is 17.3. The van der Waals surface area contributed by atoms with E-state index in [0.29, 0.717) is 6.54 Å². The first-order valence-corrected chi connectivity index (χ1v) is 11.1. The summed E-state index contributed by atoms with van der Waals surface area (Å²) < 4.78 is 0. The van der Waals surface area contributed by atoms with Crippen molar-refractivity contribution in [3.63, 3.8) is 0 Å². The molecule has 2 aromatic carbocycles. The number of hydrogen-bond acceptors (Lipinski definition) is 3. The van der Waals surface area contributed by atoms with Gasteiger partial charge in [-0.05, 0) is 56.4 Å². The summed E-state index contributed by atoms with van der Waals surface area (Å²) in [5.74, 6) is 0.324. The molecule has 2 heterocycles. The van der Waals surface area contributed by atoms with Crippen molar-refractivity contribution in [2.75, 3.05) is 32.7 Å². The van der Waals surface area contributed by atoms with E-state index in [1.807, 2.05) is 0 Å². The molecule has 0 spiro atoms. The molecule has 4 rings (SSSR count). The number of likely N-dealkylation sites (tertiary alicyclic amines) is 2. The van der Waals surface area contributed by atoms with Gasteiger partial charge in [-0.3, -0.25) is 14.6 Å². The van der Waals surface area contributed by atoms with Crippen molar-refractivity contribution in [2.45, 2.75) is 38.3 Å². The lowest BCUT2D eigenvalue weighted by Gasteiger charge is -2.33. The Bertz CT molecular complexity index is 758. The van der Waals surface area contributed by atoms with Gasteiger partial charge in [0.25, 0.3) is 0 Å². The van der Waals surface area contributed by atoms with Crippen molar-refractivity contribution in [1.29, 1.82) is 0 Å². The molecule has 2 atom stereocenters. The van der Waals surface area contributed by atoms with Crippen LogP contribution in [0.4, 0.5) is 0 Å². The van der Waals surface area contributed by atoms with Crippen molar-refractivity contribution in [2.24, 2.45) is 5.92 Å². The molecule has 0 bridgehead atoms. The van der Waals surface area contributed by atoms with Crippen LogP contribution < -0.4 is 5.32 Å². The van der Waals surface area contributed by atoms with Crippen LogP contribution >= 0.6 is 0 Å². The Balaban J connectivity index is 1.33. The van der Waals surface area contributed by atoms with Gasteiger partial charge in [-0.1, -0.05) is 60.7 Å². The van der Waals surface area contributed by atoms with E-state index in [4.69, 9.17) is 0 Å². The number of nitrogens with zero attached hydrogens (tertiary/aromatic N) is 2. The van der Waals surface area contributed by atoms with E-state index in [2.05, 4.69) is 75.8 Å². The summed E-state index contributed by atoms with van der Waals surface area (Å²) in [6.45, 7) is 5.84. The average molecular weight is 392 g/mol. The van der Waals surface area contributed by atoms with Gasteiger partial charge in [0.2, 0.25) is 5.91 Å². The normalized spacial score (nSPS) is 21.7. The highest BCUT2D eigenvalue weighted by atomic mass is 16.1. The third-order valence-corrected chi connectivity index (χ3v) is 6.36. The molecule has 154 valence electrons. The summed E-state index contributed by atoms with van der Waals surface area (Å²) >= 11 is 0. The van der Waals surface area contributed by atoms with Crippen LogP contribution in [0.5, 0.6) is 0 Å². The fourth-order valence-electron chi connectivity index (χ4n) is 4.78. The van der Waals surface area contributed by atoms with Crippen LogP contribution in [-0.4, -0.2) is 48.4 Å². The van der Waals surface area contributed by atoms with Crippen molar-refractivity contribution in [3.05, 3.63) is 71.8 Å². The molecule has 29 heavy (non-hydrogen) atoms. The monoisotopic (exact) mass is 391 g/mol. The molecule has 0 radical (unpaired) electrons. The number of piperidine rings is 1. The number of benzene rings is 2. The van der Waals surface area contributed by atoms with E-state index < -0.39 is 0 Å². The quantitative estimate of drug-likeness (QED) is 0.779. The first-order valence-electron chi connectivity index (χ1n) is 11.1. The number of nitrogens with one attached hydrogen (secondary N) is 1. The molecule has 0 aromatic heterocycles. The van der Waals surface area contributed by atoms with Gasteiger partial charge in [0.1, 0.15) is 0 Å². The maximum Gasteiger partial charge on any atom is 0.224 e. The lowest BCUT2D eigenvalue weighted by molar-refractivity contribution is -0.127. The fraction of sp³-hybridized carbons (Fsp3) is 0.480. The Kier molecular flexibility index (Phi) is 6.96. The molecule has 2 fully saturated rings. The molecule has 1 amide bonds. The Morgan fingerprint density at radius 3 is 2.34 bits per heavy atom. The molecule has 4 nitrogen and oxygen atoms in total. The van der Waals surface area contributed by atoms with Gasteiger partial charge in [0.05, 0.1) is 12.0 Å². The second-order valence-corrected chi connectivity index (χ2v) is 8.47. The summed E-state index contributed by atoms with van der Waals surface area (Å²) in [5.41, 5.74) is 2.63. The maximum atomic E-state index is 13.0. The molecule has 1 N–H and O–H groups in total. The van der Waals surface area contributed by atoms with Crippen LogP contribution in [0, 0.1) is 5.92 Å². The Hall–Kier alpha value is -2.17. The van der Waals surface area contributed by atoms with Crippen LogP contribution in [-0.2, 0) is 11.3 Å². The topological polar surface area (TPSA) is 35.6 Å². The molecular weight excluding hydrogens is 358 g/mol. The summed E-state index contributed by atoms with van der Waals surface area (Å²) in [6, 6.07) is 21.5. The van der Waals surface area contributed by atoms with E-state index in [1.54, 1.807) is 0 Å². The van der Waals surface area contributed by atoms with Crippen molar-refractivity contribution >= 4 is 5.91 Å². The second kappa shape index (κ2) is 10.0. The van der Waals surface area contributed by atoms with Gasteiger partial charge >= 0.3 is 0 Å². The smallest absolute Gasteiger partial charge is 0.224 e. The van der Waals surface area contributed by atoms with Crippen LogP contribution in [0.15, 0.2) is 60.7 Å². The van der Waals surface area contributed by atoms with E-state index in [9.17, 15) is 4.79 Å². The van der Waals surface area contributed by atoms with Crippen molar-refractivity contribution in [1.82, 2.24) is 15.1 Å². The number of hydrogen-bond donors (Lipinski definition) is 1. The molecule has 0 saturated carbocycles. The third kappa shape index (κ3) is 5.46. The zero-order chi connectivity index (χ0) is 19.9. The highest BCUT2D eigenvalue weighted by Gasteiger charge is 2.28. The Morgan fingerprint density at radius 2 is 1.62 bits per heavy atom. The number of rotatable bonds is 7. The molecule has 2 saturated heterocycles. The fourth-order valence-corrected chi connectivity index (χ4v) is 4.78. The molecule has 2 aliphatic rings. The summed E-state index contributed by atoms with van der Waals surface area (Å²) in [5, 5.41) is 3.30. The van der Waals surface area contributed by atoms with Gasteiger partial charge in [0.15, 0.2) is 0 Å². The molecule has 4 heteroatoms. The lowest BCUT2D eigenvalue weighted by Crippen LogP contribution is -2.45. The largest absolute Gasteiger partial charge is 0.354 e. The number of carbonyl (C=O) groups excluding carboxylic acids is 1. The van der Waals surface area contributed by atoms with Crippen LogP contribution in [0.3, 0.4) is 0 Å². The Labute approximate surface area is 174 Å². The molecule has 0 aliphatic carbocycles. The van der Waals surface area contributed by atoms with Crippen molar-refractivity contribution in [3.8, 4) is 0 Å². The van der Waals surface area contributed by atoms with Crippen LogP contribution in [0.1, 0.15) is 42.9 Å². The molecule has 2 aliphatic heterocycles. The van der Waals surface area contributed by atoms with E-state index >= 15 is 0 Å². The minimum absolute atomic E-state index is 0.0995. The van der Waals surface area contributed by atoms with Crippen LogP contribution in [0.25, 0.3) is 0 Å². The zero-order valence-corrected chi connectivity index (χ0v) is 17.3. The third-order valence-electron chi connectivity index (χ3n) is 6.36. The lowest BCUT2D eigenvalue weighted by atomic mass is 9.96. The first kappa shape index (κ1) is 20.1. The SMILES string of the molecule is O=C(NCC(c1ccccc1)N1CCCC1)C1CCCN(Cc2ccccc2)C1. The number of amides is 1. The summed E-state index contributed by atoms with van der Waals surface area (Å²) in [7, 11) is 0. The predicted octanol–water partition coefficient (Wildman–Crippen LogP) is 3.85. The summed E-state index contributed by atoms with van der Waals surface area (Å²) in [6.07, 6.45) is 4.61. The molecular formula is C25H33N3O. The minimum Gasteiger partial charge on any atom is -0.354 e. The van der Waals surface area contributed by atoms with E-state index in [0.717, 1.165) is 45.6 Å². The number of carbonyl (C=O) groups is 1. The first-order chi connectivity index (χ1) is 14.3. The Morgan fingerprint density at radius 1 is 0.931 bits per heavy atom. The molecule has 2 aromatic rings. The minimum atomic E-state index is 0.0995. The van der Waals surface area contributed by atoms with Gasteiger partial charge in [-0.2, -0.15) is 0 Å². The van der Waals surface area contributed by atoms with Gasteiger partial charge < -0.3 is 5.32 Å². The van der Waals surface area contributed by atoms with Gasteiger partial charge in [0, 0.05) is 19.6 Å². The van der Waals surface area contributed by atoms with Gasteiger partial charge in [-0.25, -0.2) is 0 Å².